The molecule has 0 saturated carbocycles. The summed E-state index contributed by atoms with van der Waals surface area (Å²) in [6.45, 7) is 6.80. The summed E-state index contributed by atoms with van der Waals surface area (Å²) in [5, 5.41) is 4.13. The third kappa shape index (κ3) is 4.26. The maximum absolute atomic E-state index is 12.8. The Kier molecular flexibility index (Phi) is 5.51. The Morgan fingerprint density at radius 2 is 1.76 bits per heavy atom. The zero-order valence-electron chi connectivity index (χ0n) is 16.8. The van der Waals surface area contributed by atoms with Crippen molar-refractivity contribution < 1.29 is 9.53 Å². The summed E-state index contributed by atoms with van der Waals surface area (Å²) in [5.74, 6) is 0.691. The van der Waals surface area contributed by atoms with Crippen molar-refractivity contribution in [1.29, 1.82) is 0 Å². The second-order valence-electron chi connectivity index (χ2n) is 7.42. The van der Waals surface area contributed by atoms with Gasteiger partial charge in [-0.05, 0) is 38.1 Å². The number of piperazine rings is 1. The number of benzene rings is 2. The molecule has 2 heterocycles. The highest BCUT2D eigenvalue weighted by Gasteiger charge is 2.23. The number of nitrogens with zero attached hydrogens (tertiary/aromatic N) is 3. The second kappa shape index (κ2) is 8.39. The lowest BCUT2D eigenvalue weighted by Gasteiger charge is -2.36. The van der Waals surface area contributed by atoms with Crippen LogP contribution >= 0.6 is 0 Å². The number of carbonyl (C=O) groups excluding carboxylic acids is 1. The highest BCUT2D eigenvalue weighted by atomic mass is 16.5. The zero-order valence-corrected chi connectivity index (χ0v) is 16.8. The van der Waals surface area contributed by atoms with E-state index in [2.05, 4.69) is 39.5 Å². The molecule has 0 aliphatic carbocycles. The van der Waals surface area contributed by atoms with Gasteiger partial charge < -0.3 is 19.9 Å². The Bertz CT molecular complexity index is 992. The van der Waals surface area contributed by atoms with E-state index >= 15 is 0 Å². The summed E-state index contributed by atoms with van der Waals surface area (Å²) in [7, 11) is 0. The van der Waals surface area contributed by atoms with Gasteiger partial charge in [-0.3, -0.25) is 4.98 Å². The summed E-state index contributed by atoms with van der Waals surface area (Å²) >= 11 is 0. The lowest BCUT2D eigenvalue weighted by molar-refractivity contribution is 0.207. The fraction of sp³-hybridized carbons (Fsp3) is 0.304. The normalized spacial score (nSPS) is 14.3. The highest BCUT2D eigenvalue weighted by Crippen LogP contribution is 2.27. The second-order valence-corrected chi connectivity index (χ2v) is 7.42. The van der Waals surface area contributed by atoms with Crippen LogP contribution in [-0.4, -0.2) is 48.2 Å². The zero-order chi connectivity index (χ0) is 20.2. The molecule has 6 heteroatoms. The van der Waals surface area contributed by atoms with E-state index in [9.17, 15) is 4.79 Å². The SMILES string of the molecule is CC(C)Oc1ccccc1NC(=O)N1CCN(c2cccc3cccnc23)CC1. The van der Waals surface area contributed by atoms with E-state index in [0.29, 0.717) is 24.5 Å². The fourth-order valence-corrected chi connectivity index (χ4v) is 3.61. The van der Waals surface area contributed by atoms with Crippen LogP contribution in [0.3, 0.4) is 0 Å². The molecule has 1 saturated heterocycles. The van der Waals surface area contributed by atoms with Gasteiger partial charge in [0.1, 0.15) is 5.75 Å². The van der Waals surface area contributed by atoms with Crippen molar-refractivity contribution in [3.63, 3.8) is 0 Å². The number of carbonyl (C=O) groups is 1. The van der Waals surface area contributed by atoms with Gasteiger partial charge in [-0.25, -0.2) is 4.79 Å². The van der Waals surface area contributed by atoms with E-state index in [1.807, 2.05) is 55.3 Å². The number of fused-ring (bicyclic) bond motifs is 1. The van der Waals surface area contributed by atoms with Crippen LogP contribution in [0.5, 0.6) is 5.75 Å². The van der Waals surface area contributed by atoms with E-state index in [1.54, 1.807) is 0 Å². The van der Waals surface area contributed by atoms with Crippen molar-refractivity contribution in [3.05, 3.63) is 60.8 Å². The first kappa shape index (κ1) is 19.1. The minimum Gasteiger partial charge on any atom is -0.489 e. The highest BCUT2D eigenvalue weighted by molar-refractivity contribution is 5.92. The minimum absolute atomic E-state index is 0.0471. The smallest absolute Gasteiger partial charge is 0.322 e. The molecule has 150 valence electrons. The molecule has 0 bridgehead atoms. The standard InChI is InChI=1S/C23H26N4O2/c1-17(2)29-21-11-4-3-9-19(21)25-23(28)27-15-13-26(14-16-27)20-10-5-7-18-8-6-12-24-22(18)20/h3-12,17H,13-16H2,1-2H3,(H,25,28). The molecule has 2 aromatic carbocycles. The first-order valence-electron chi connectivity index (χ1n) is 10.0. The third-order valence-electron chi connectivity index (χ3n) is 5.01. The van der Waals surface area contributed by atoms with E-state index < -0.39 is 0 Å². The van der Waals surface area contributed by atoms with Crippen LogP contribution < -0.4 is 15.0 Å². The molecule has 3 aromatic rings. The number of aromatic nitrogens is 1. The Labute approximate surface area is 171 Å². The molecule has 0 radical (unpaired) electrons. The first-order chi connectivity index (χ1) is 14.1. The monoisotopic (exact) mass is 390 g/mol. The Morgan fingerprint density at radius 3 is 2.55 bits per heavy atom. The number of rotatable bonds is 4. The number of anilines is 2. The van der Waals surface area contributed by atoms with Crippen molar-refractivity contribution in [1.82, 2.24) is 9.88 Å². The van der Waals surface area contributed by atoms with Crippen molar-refractivity contribution in [2.24, 2.45) is 0 Å². The van der Waals surface area contributed by atoms with Gasteiger partial charge in [-0.2, -0.15) is 0 Å². The number of hydrogen-bond acceptors (Lipinski definition) is 4. The molecule has 6 nitrogen and oxygen atoms in total. The van der Waals surface area contributed by atoms with Crippen LogP contribution in [0.15, 0.2) is 60.8 Å². The van der Waals surface area contributed by atoms with Crippen LogP contribution in [0.4, 0.5) is 16.2 Å². The van der Waals surface area contributed by atoms with Gasteiger partial charge in [0, 0.05) is 37.8 Å². The average molecular weight is 390 g/mol. The number of ether oxygens (including phenoxy) is 1. The van der Waals surface area contributed by atoms with Crippen LogP contribution in [0.25, 0.3) is 10.9 Å². The van der Waals surface area contributed by atoms with Crippen molar-refractivity contribution >= 4 is 28.3 Å². The van der Waals surface area contributed by atoms with Gasteiger partial charge in [0.15, 0.2) is 0 Å². The van der Waals surface area contributed by atoms with Gasteiger partial charge in [0.25, 0.3) is 0 Å². The Balaban J connectivity index is 1.42. The van der Waals surface area contributed by atoms with E-state index in [-0.39, 0.29) is 12.1 Å². The third-order valence-corrected chi connectivity index (χ3v) is 5.01. The van der Waals surface area contributed by atoms with Gasteiger partial charge in [0.2, 0.25) is 0 Å². The van der Waals surface area contributed by atoms with Crippen molar-refractivity contribution in [3.8, 4) is 5.75 Å². The molecule has 4 rings (SSSR count). The van der Waals surface area contributed by atoms with Gasteiger partial charge >= 0.3 is 6.03 Å². The molecular weight excluding hydrogens is 364 g/mol. The van der Waals surface area contributed by atoms with Crippen LogP contribution in [0.2, 0.25) is 0 Å². The molecule has 0 spiro atoms. The van der Waals surface area contributed by atoms with Gasteiger partial charge in [-0.15, -0.1) is 0 Å². The van der Waals surface area contributed by atoms with Gasteiger partial charge in [-0.1, -0.05) is 30.3 Å². The van der Waals surface area contributed by atoms with Crippen LogP contribution in [0, 0.1) is 0 Å². The topological polar surface area (TPSA) is 57.7 Å². The molecule has 1 aliphatic heterocycles. The number of pyridine rings is 1. The largest absolute Gasteiger partial charge is 0.489 e. The summed E-state index contributed by atoms with van der Waals surface area (Å²) < 4.78 is 5.80. The maximum atomic E-state index is 12.8. The van der Waals surface area contributed by atoms with E-state index in [0.717, 1.165) is 29.7 Å². The Hall–Kier alpha value is -3.28. The van der Waals surface area contributed by atoms with Gasteiger partial charge in [0.05, 0.1) is 23.0 Å². The average Bonchev–Trinajstić information content (AvgIpc) is 2.74. The fourth-order valence-electron chi connectivity index (χ4n) is 3.61. The van der Waals surface area contributed by atoms with Crippen molar-refractivity contribution in [2.45, 2.75) is 20.0 Å². The predicted octanol–water partition coefficient (Wildman–Crippen LogP) is 4.38. The maximum Gasteiger partial charge on any atom is 0.322 e. The molecule has 2 amide bonds. The summed E-state index contributed by atoms with van der Waals surface area (Å²) in [6, 6.07) is 17.7. The summed E-state index contributed by atoms with van der Waals surface area (Å²) in [4.78, 5) is 21.5. The summed E-state index contributed by atoms with van der Waals surface area (Å²) in [6.07, 6.45) is 1.87. The lowest BCUT2D eigenvalue weighted by Crippen LogP contribution is -2.50. The molecule has 1 N–H and O–H groups in total. The van der Waals surface area contributed by atoms with E-state index in [1.165, 1.54) is 0 Å². The van der Waals surface area contributed by atoms with Crippen LogP contribution in [0.1, 0.15) is 13.8 Å². The quantitative estimate of drug-likeness (QED) is 0.718. The molecule has 1 fully saturated rings. The number of hydrogen-bond donors (Lipinski definition) is 1. The van der Waals surface area contributed by atoms with Crippen LogP contribution in [-0.2, 0) is 0 Å². The Morgan fingerprint density at radius 1 is 1.00 bits per heavy atom. The number of urea groups is 1. The molecule has 1 aliphatic rings. The number of para-hydroxylation sites is 3. The molecule has 0 atom stereocenters. The molecular formula is C23H26N4O2. The molecule has 1 aromatic heterocycles. The molecule has 29 heavy (non-hydrogen) atoms. The lowest BCUT2D eigenvalue weighted by atomic mass is 10.1. The predicted molar refractivity (Wildman–Crippen MR) is 117 cm³/mol. The summed E-state index contributed by atoms with van der Waals surface area (Å²) in [5.41, 5.74) is 2.83. The number of amides is 2. The minimum atomic E-state index is -0.0968. The first-order valence-corrected chi connectivity index (χ1v) is 10.0. The molecule has 0 unspecified atom stereocenters. The number of nitrogens with one attached hydrogen (secondary N) is 1. The van der Waals surface area contributed by atoms with Crippen molar-refractivity contribution in [2.75, 3.05) is 36.4 Å². The van der Waals surface area contributed by atoms with E-state index in [4.69, 9.17) is 4.74 Å².